The van der Waals surface area contributed by atoms with E-state index in [9.17, 15) is 4.79 Å². The smallest absolute Gasteiger partial charge is 0.171 e. The molecule has 0 fully saturated rings. The zero-order valence-electron chi connectivity index (χ0n) is 11.3. The van der Waals surface area contributed by atoms with Gasteiger partial charge in [-0.25, -0.2) is 0 Å². The molecule has 0 aromatic heterocycles. The van der Waals surface area contributed by atoms with Crippen LogP contribution in [0.2, 0.25) is 5.02 Å². The van der Waals surface area contributed by atoms with Crippen molar-refractivity contribution in [3.05, 3.63) is 28.3 Å². The highest BCUT2D eigenvalue weighted by molar-refractivity contribution is 6.31. The van der Waals surface area contributed by atoms with Crippen molar-refractivity contribution < 1.29 is 9.53 Å². The molecule has 1 rings (SSSR count). The largest absolute Gasteiger partial charge is 0.496 e. The SMILES string of the molecule is COc1cc(C)c(Cl)cc1C(=O)C(CN)C(C)C. The summed E-state index contributed by atoms with van der Waals surface area (Å²) in [6, 6.07) is 3.45. The Morgan fingerprint density at radius 3 is 2.50 bits per heavy atom. The number of aryl methyl sites for hydroxylation is 1. The number of hydrogen-bond donors (Lipinski definition) is 1. The summed E-state index contributed by atoms with van der Waals surface area (Å²) < 4.78 is 5.26. The number of halogens is 1. The fourth-order valence-electron chi connectivity index (χ4n) is 1.90. The van der Waals surface area contributed by atoms with E-state index >= 15 is 0 Å². The van der Waals surface area contributed by atoms with E-state index in [4.69, 9.17) is 22.1 Å². The number of carbonyl (C=O) groups excluding carboxylic acids is 1. The zero-order valence-corrected chi connectivity index (χ0v) is 12.0. The molecule has 4 heteroatoms. The van der Waals surface area contributed by atoms with Crippen molar-refractivity contribution in [1.82, 2.24) is 0 Å². The molecule has 2 N–H and O–H groups in total. The average Bonchev–Trinajstić information content (AvgIpc) is 2.32. The summed E-state index contributed by atoms with van der Waals surface area (Å²) in [5, 5.41) is 0.568. The van der Waals surface area contributed by atoms with Gasteiger partial charge in [-0.1, -0.05) is 25.4 Å². The van der Waals surface area contributed by atoms with Crippen molar-refractivity contribution in [3.63, 3.8) is 0 Å². The zero-order chi connectivity index (χ0) is 13.9. The quantitative estimate of drug-likeness (QED) is 0.836. The Bertz CT molecular complexity index is 444. The van der Waals surface area contributed by atoms with Crippen LogP contribution in [0.1, 0.15) is 29.8 Å². The number of hydrogen-bond acceptors (Lipinski definition) is 3. The second-order valence-corrected chi connectivity index (χ2v) is 5.16. The topological polar surface area (TPSA) is 52.3 Å². The first-order valence-electron chi connectivity index (χ1n) is 6.00. The van der Waals surface area contributed by atoms with E-state index in [1.165, 1.54) is 0 Å². The Kier molecular flexibility index (Phi) is 5.17. The van der Waals surface area contributed by atoms with Crippen LogP contribution >= 0.6 is 11.6 Å². The van der Waals surface area contributed by atoms with Crippen LogP contribution in [0, 0.1) is 18.8 Å². The number of ether oxygens (including phenoxy) is 1. The number of Topliss-reactive ketones (excluding diaryl/α,β-unsaturated/α-hetero) is 1. The molecular formula is C14H20ClNO2. The molecule has 0 aliphatic carbocycles. The fourth-order valence-corrected chi connectivity index (χ4v) is 2.06. The maximum Gasteiger partial charge on any atom is 0.171 e. The van der Waals surface area contributed by atoms with Gasteiger partial charge in [0.1, 0.15) is 5.75 Å². The van der Waals surface area contributed by atoms with E-state index in [1.54, 1.807) is 19.2 Å². The molecule has 18 heavy (non-hydrogen) atoms. The lowest BCUT2D eigenvalue weighted by atomic mass is 9.87. The number of ketones is 1. The molecule has 0 aliphatic heterocycles. The molecule has 100 valence electrons. The standard InChI is InChI=1S/C14H20ClNO2/c1-8(2)11(7-16)14(17)10-6-12(15)9(3)5-13(10)18-4/h5-6,8,11H,7,16H2,1-4H3. The maximum absolute atomic E-state index is 12.4. The molecule has 0 bridgehead atoms. The van der Waals surface area contributed by atoms with Crippen LogP contribution in [-0.2, 0) is 0 Å². The van der Waals surface area contributed by atoms with Crippen LogP contribution in [0.4, 0.5) is 0 Å². The summed E-state index contributed by atoms with van der Waals surface area (Å²) >= 11 is 6.08. The summed E-state index contributed by atoms with van der Waals surface area (Å²) in [6.07, 6.45) is 0. The van der Waals surface area contributed by atoms with Crippen LogP contribution < -0.4 is 10.5 Å². The van der Waals surface area contributed by atoms with Gasteiger partial charge in [0, 0.05) is 17.5 Å². The molecular weight excluding hydrogens is 250 g/mol. The first-order valence-corrected chi connectivity index (χ1v) is 6.38. The van der Waals surface area contributed by atoms with E-state index in [0.717, 1.165) is 5.56 Å². The van der Waals surface area contributed by atoms with Crippen molar-refractivity contribution in [2.24, 2.45) is 17.6 Å². The predicted octanol–water partition coefficient (Wildman–Crippen LogP) is 3.07. The van der Waals surface area contributed by atoms with Gasteiger partial charge in [0.2, 0.25) is 0 Å². The normalized spacial score (nSPS) is 12.6. The molecule has 1 aromatic carbocycles. The number of benzene rings is 1. The summed E-state index contributed by atoms with van der Waals surface area (Å²) in [5.74, 6) is 0.525. The lowest BCUT2D eigenvalue weighted by Crippen LogP contribution is -2.28. The highest BCUT2D eigenvalue weighted by atomic mass is 35.5. The Morgan fingerprint density at radius 2 is 2.06 bits per heavy atom. The van der Waals surface area contributed by atoms with E-state index in [-0.39, 0.29) is 17.6 Å². The van der Waals surface area contributed by atoms with E-state index in [0.29, 0.717) is 22.9 Å². The lowest BCUT2D eigenvalue weighted by Gasteiger charge is -2.19. The van der Waals surface area contributed by atoms with Gasteiger partial charge in [-0.05, 0) is 30.5 Å². The fraction of sp³-hybridized carbons (Fsp3) is 0.500. The highest BCUT2D eigenvalue weighted by Crippen LogP contribution is 2.29. The minimum atomic E-state index is -0.210. The monoisotopic (exact) mass is 269 g/mol. The van der Waals surface area contributed by atoms with Crippen LogP contribution in [0.3, 0.4) is 0 Å². The van der Waals surface area contributed by atoms with Crippen molar-refractivity contribution in [2.75, 3.05) is 13.7 Å². The van der Waals surface area contributed by atoms with Crippen molar-refractivity contribution in [1.29, 1.82) is 0 Å². The number of carbonyl (C=O) groups is 1. The molecule has 1 unspecified atom stereocenters. The molecule has 0 saturated carbocycles. The van der Waals surface area contributed by atoms with E-state index in [1.807, 2.05) is 20.8 Å². The van der Waals surface area contributed by atoms with E-state index < -0.39 is 0 Å². The van der Waals surface area contributed by atoms with Gasteiger partial charge in [0.25, 0.3) is 0 Å². The average molecular weight is 270 g/mol. The summed E-state index contributed by atoms with van der Waals surface area (Å²) in [4.78, 5) is 12.4. The van der Waals surface area contributed by atoms with Gasteiger partial charge in [0.15, 0.2) is 5.78 Å². The summed E-state index contributed by atoms with van der Waals surface area (Å²) in [6.45, 7) is 6.17. The van der Waals surface area contributed by atoms with Gasteiger partial charge < -0.3 is 10.5 Å². The molecule has 1 atom stereocenters. The molecule has 0 aliphatic rings. The van der Waals surface area contributed by atoms with Gasteiger partial charge in [-0.2, -0.15) is 0 Å². The summed E-state index contributed by atoms with van der Waals surface area (Å²) in [5.41, 5.74) is 7.08. The van der Waals surface area contributed by atoms with Gasteiger partial charge in [-0.15, -0.1) is 0 Å². The third-order valence-corrected chi connectivity index (χ3v) is 3.55. The molecule has 0 heterocycles. The lowest BCUT2D eigenvalue weighted by molar-refractivity contribution is 0.0889. The number of nitrogens with two attached hydrogens (primary N) is 1. The predicted molar refractivity (Wildman–Crippen MR) is 74.5 cm³/mol. The van der Waals surface area contributed by atoms with Gasteiger partial charge in [-0.3, -0.25) is 4.79 Å². The Balaban J connectivity index is 3.23. The third kappa shape index (κ3) is 3.03. The Labute approximate surface area is 113 Å². The minimum Gasteiger partial charge on any atom is -0.496 e. The number of methoxy groups -OCH3 is 1. The van der Waals surface area contributed by atoms with Gasteiger partial charge >= 0.3 is 0 Å². The maximum atomic E-state index is 12.4. The molecule has 0 spiro atoms. The van der Waals surface area contributed by atoms with Crippen molar-refractivity contribution in [3.8, 4) is 5.75 Å². The van der Waals surface area contributed by atoms with Crippen LogP contribution in [0.5, 0.6) is 5.75 Å². The number of rotatable bonds is 5. The summed E-state index contributed by atoms with van der Waals surface area (Å²) in [7, 11) is 1.55. The van der Waals surface area contributed by atoms with Crippen molar-refractivity contribution in [2.45, 2.75) is 20.8 Å². The van der Waals surface area contributed by atoms with E-state index in [2.05, 4.69) is 0 Å². The first-order chi connectivity index (χ1) is 8.42. The molecule has 0 saturated heterocycles. The second-order valence-electron chi connectivity index (χ2n) is 4.75. The van der Waals surface area contributed by atoms with Gasteiger partial charge in [0.05, 0.1) is 12.7 Å². The van der Waals surface area contributed by atoms with Crippen molar-refractivity contribution >= 4 is 17.4 Å². The highest BCUT2D eigenvalue weighted by Gasteiger charge is 2.25. The third-order valence-electron chi connectivity index (χ3n) is 3.14. The molecule has 0 amide bonds. The molecule has 0 radical (unpaired) electrons. The van der Waals surface area contributed by atoms with Crippen LogP contribution in [-0.4, -0.2) is 19.4 Å². The first kappa shape index (κ1) is 15.0. The van der Waals surface area contributed by atoms with Crippen LogP contribution in [0.25, 0.3) is 0 Å². The van der Waals surface area contributed by atoms with Crippen LogP contribution in [0.15, 0.2) is 12.1 Å². The molecule has 1 aromatic rings. The molecule has 3 nitrogen and oxygen atoms in total. The Morgan fingerprint density at radius 1 is 1.44 bits per heavy atom. The Hall–Kier alpha value is -1.06. The minimum absolute atomic E-state index is 0.00810. The second kappa shape index (κ2) is 6.21.